The normalized spacial score (nSPS) is 11.6. The standard InChI is InChI=1S/C14H7NO3/c16-14-11-6-8-1-2-13-12(7-17-18-13)10(8)5-9(11)3-4-15-14/h1-7H. The Labute approximate surface area is 100 Å². The van der Waals surface area contributed by atoms with Gasteiger partial charge in [-0.1, -0.05) is 6.07 Å². The fourth-order valence-corrected chi connectivity index (χ4v) is 2.29. The van der Waals surface area contributed by atoms with Gasteiger partial charge in [-0.05, 0) is 40.4 Å². The van der Waals surface area contributed by atoms with Gasteiger partial charge in [-0.3, -0.25) is 13.9 Å². The lowest BCUT2D eigenvalue weighted by molar-refractivity contribution is 0.0792. The molecular formula is C14H7NO3. The number of hydrogen-bond donors (Lipinski definition) is 0. The van der Waals surface area contributed by atoms with Gasteiger partial charge in [0.05, 0.1) is 5.39 Å². The topological polar surface area (TPSA) is 56.2 Å². The molecule has 0 spiro atoms. The summed E-state index contributed by atoms with van der Waals surface area (Å²) < 4.78 is 9.87. The Hall–Kier alpha value is -2.62. The maximum atomic E-state index is 11.7. The van der Waals surface area contributed by atoms with Crippen LogP contribution >= 0.6 is 0 Å². The van der Waals surface area contributed by atoms with Gasteiger partial charge in [0, 0.05) is 11.6 Å². The summed E-state index contributed by atoms with van der Waals surface area (Å²) in [6.45, 7) is 0. The van der Waals surface area contributed by atoms with Crippen molar-refractivity contribution < 1.29 is 9.15 Å². The van der Waals surface area contributed by atoms with Crippen molar-refractivity contribution >= 4 is 32.5 Å². The Balaban J connectivity index is 2.32. The summed E-state index contributed by atoms with van der Waals surface area (Å²) in [6.07, 6.45) is 3.10. The van der Waals surface area contributed by atoms with Crippen molar-refractivity contribution in [3.8, 4) is 0 Å². The van der Waals surface area contributed by atoms with E-state index in [9.17, 15) is 4.79 Å². The molecule has 0 fully saturated rings. The minimum Gasteiger partial charge on any atom is -0.297 e. The van der Waals surface area contributed by atoms with Gasteiger partial charge in [-0.2, -0.15) is 0 Å². The lowest BCUT2D eigenvalue weighted by Crippen LogP contribution is -2.03. The maximum Gasteiger partial charge on any atom is 0.277 e. The van der Waals surface area contributed by atoms with Crippen LogP contribution in [-0.2, 0) is 0 Å². The molecule has 0 aliphatic carbocycles. The number of hydrogen-bond acceptors (Lipinski definition) is 4. The summed E-state index contributed by atoms with van der Waals surface area (Å²) >= 11 is 0. The van der Waals surface area contributed by atoms with E-state index >= 15 is 0 Å². The van der Waals surface area contributed by atoms with Gasteiger partial charge < -0.3 is 0 Å². The van der Waals surface area contributed by atoms with Crippen LogP contribution in [0.5, 0.6) is 0 Å². The summed E-state index contributed by atoms with van der Waals surface area (Å²) in [7, 11) is 0. The molecule has 4 heteroatoms. The van der Waals surface area contributed by atoms with E-state index in [2.05, 4.69) is 4.98 Å². The first kappa shape index (κ1) is 9.41. The molecule has 0 N–H and O–H groups in total. The van der Waals surface area contributed by atoms with Gasteiger partial charge >= 0.3 is 0 Å². The van der Waals surface area contributed by atoms with E-state index in [0.717, 1.165) is 21.5 Å². The van der Waals surface area contributed by atoms with E-state index in [0.29, 0.717) is 11.0 Å². The summed E-state index contributed by atoms with van der Waals surface area (Å²) in [5, 5.41) is 4.37. The number of fused-ring (bicyclic) bond motifs is 4. The Morgan fingerprint density at radius 3 is 2.72 bits per heavy atom. The van der Waals surface area contributed by atoms with E-state index in [1.807, 2.05) is 30.3 Å². The van der Waals surface area contributed by atoms with Gasteiger partial charge in [-0.25, -0.2) is 4.98 Å². The molecular weight excluding hydrogens is 230 g/mol. The minimum atomic E-state index is -0.202. The van der Waals surface area contributed by atoms with Crippen LogP contribution in [0.15, 0.2) is 56.7 Å². The molecule has 4 aromatic rings. The second kappa shape index (κ2) is 3.20. The van der Waals surface area contributed by atoms with Crippen molar-refractivity contribution in [1.29, 1.82) is 0 Å². The average Bonchev–Trinajstić information content (AvgIpc) is 2.86. The van der Waals surface area contributed by atoms with Crippen molar-refractivity contribution in [3.05, 3.63) is 53.1 Å². The van der Waals surface area contributed by atoms with Crippen LogP contribution < -0.4 is 5.56 Å². The first-order valence-corrected chi connectivity index (χ1v) is 5.52. The van der Waals surface area contributed by atoms with Crippen LogP contribution in [-0.4, -0.2) is 4.98 Å². The second-order valence-corrected chi connectivity index (χ2v) is 4.19. The molecule has 0 unspecified atom stereocenters. The highest BCUT2D eigenvalue weighted by Crippen LogP contribution is 2.28. The predicted molar refractivity (Wildman–Crippen MR) is 67.6 cm³/mol. The number of aromatic nitrogens is 1. The molecule has 2 heterocycles. The SMILES string of the molecule is O=c1nccc2cc3c(ccc4oocc43)cc12. The Kier molecular flexibility index (Phi) is 1.67. The van der Waals surface area contributed by atoms with Gasteiger partial charge in [-0.15, -0.1) is 0 Å². The third-order valence-corrected chi connectivity index (χ3v) is 3.17. The van der Waals surface area contributed by atoms with E-state index in [1.165, 1.54) is 6.20 Å². The first-order valence-electron chi connectivity index (χ1n) is 5.52. The highest BCUT2D eigenvalue weighted by Gasteiger charge is 2.07. The van der Waals surface area contributed by atoms with E-state index in [-0.39, 0.29) is 5.56 Å². The van der Waals surface area contributed by atoms with Gasteiger partial charge in [0.1, 0.15) is 0 Å². The van der Waals surface area contributed by atoms with Gasteiger partial charge in [0.2, 0.25) is 0 Å². The van der Waals surface area contributed by atoms with Crippen LogP contribution in [0.3, 0.4) is 0 Å². The summed E-state index contributed by atoms with van der Waals surface area (Å²) in [6, 6.07) is 9.37. The molecule has 0 amide bonds. The second-order valence-electron chi connectivity index (χ2n) is 4.19. The monoisotopic (exact) mass is 237 g/mol. The fourth-order valence-electron chi connectivity index (χ4n) is 2.29. The molecule has 0 radical (unpaired) electrons. The van der Waals surface area contributed by atoms with Crippen molar-refractivity contribution in [1.82, 2.24) is 4.98 Å². The third-order valence-electron chi connectivity index (χ3n) is 3.17. The molecule has 0 saturated carbocycles. The minimum absolute atomic E-state index is 0.202. The third kappa shape index (κ3) is 1.14. The van der Waals surface area contributed by atoms with E-state index < -0.39 is 0 Å². The average molecular weight is 237 g/mol. The molecule has 0 aliphatic rings. The van der Waals surface area contributed by atoms with Crippen LogP contribution in [0.25, 0.3) is 32.5 Å². The molecule has 0 atom stereocenters. The molecule has 2 aromatic carbocycles. The number of pyridine rings is 1. The van der Waals surface area contributed by atoms with Crippen molar-refractivity contribution in [2.75, 3.05) is 0 Å². The van der Waals surface area contributed by atoms with E-state index in [4.69, 9.17) is 9.15 Å². The Morgan fingerprint density at radius 2 is 1.78 bits per heavy atom. The molecule has 86 valence electrons. The zero-order chi connectivity index (χ0) is 12.1. The lowest BCUT2D eigenvalue weighted by atomic mass is 10.0. The lowest BCUT2D eigenvalue weighted by Gasteiger charge is -2.00. The fraction of sp³-hybridized carbons (Fsp3) is 0. The van der Waals surface area contributed by atoms with E-state index in [1.54, 1.807) is 6.26 Å². The van der Waals surface area contributed by atoms with Crippen LogP contribution in [0.2, 0.25) is 0 Å². The maximum absolute atomic E-state index is 11.7. The van der Waals surface area contributed by atoms with Crippen LogP contribution in [0, 0.1) is 0 Å². The number of benzene rings is 2. The smallest absolute Gasteiger partial charge is 0.277 e. The zero-order valence-electron chi connectivity index (χ0n) is 9.21. The van der Waals surface area contributed by atoms with Gasteiger partial charge in [0.15, 0.2) is 11.8 Å². The Morgan fingerprint density at radius 1 is 0.944 bits per heavy atom. The largest absolute Gasteiger partial charge is 0.297 e. The molecule has 4 nitrogen and oxygen atoms in total. The molecule has 0 bridgehead atoms. The predicted octanol–water partition coefficient (Wildman–Crippen LogP) is 3.09. The van der Waals surface area contributed by atoms with Crippen molar-refractivity contribution in [2.45, 2.75) is 0 Å². The summed E-state index contributed by atoms with van der Waals surface area (Å²) in [5.41, 5.74) is 0.490. The molecule has 0 aliphatic heterocycles. The van der Waals surface area contributed by atoms with Gasteiger partial charge in [0.25, 0.3) is 5.56 Å². The molecule has 4 rings (SSSR count). The molecule has 18 heavy (non-hydrogen) atoms. The quantitative estimate of drug-likeness (QED) is 0.348. The number of nitrogens with zero attached hydrogens (tertiary/aromatic N) is 1. The first-order chi connectivity index (χ1) is 8.83. The van der Waals surface area contributed by atoms with Crippen LogP contribution in [0.1, 0.15) is 0 Å². The van der Waals surface area contributed by atoms with Crippen LogP contribution in [0.4, 0.5) is 0 Å². The Bertz CT molecular complexity index is 949. The summed E-state index contributed by atoms with van der Waals surface area (Å²) in [4.78, 5) is 15.5. The number of rotatable bonds is 0. The van der Waals surface area contributed by atoms with Crippen molar-refractivity contribution in [2.24, 2.45) is 0 Å². The molecule has 2 aromatic heterocycles. The molecule has 0 saturated heterocycles. The summed E-state index contributed by atoms with van der Waals surface area (Å²) in [5.74, 6) is 0. The zero-order valence-corrected chi connectivity index (χ0v) is 9.21. The highest BCUT2D eigenvalue weighted by atomic mass is 17.0. The van der Waals surface area contributed by atoms with Crippen molar-refractivity contribution in [3.63, 3.8) is 0 Å². The highest BCUT2D eigenvalue weighted by molar-refractivity contribution is 6.10.